The molecule has 0 heterocycles. The van der Waals surface area contributed by atoms with Gasteiger partial charge in [-0.05, 0) is 79.6 Å². The Balaban J connectivity index is 1.73. The Hall–Kier alpha value is -3.99. The Morgan fingerprint density at radius 2 is 1.68 bits per heavy atom. The van der Waals surface area contributed by atoms with Crippen LogP contribution in [0, 0.1) is 11.3 Å². The summed E-state index contributed by atoms with van der Waals surface area (Å²) < 4.78 is 16.6. The molecule has 0 aromatic heterocycles. The second kappa shape index (κ2) is 13.4. The number of amides is 1. The number of carbonyl (C=O) groups is 2. The summed E-state index contributed by atoms with van der Waals surface area (Å²) in [5.74, 6) is -0.0879. The van der Waals surface area contributed by atoms with E-state index in [-0.39, 0.29) is 18.8 Å². The molecular formula is C28H24Cl2N2O5. The van der Waals surface area contributed by atoms with E-state index in [1.807, 2.05) is 19.1 Å². The molecule has 0 bridgehead atoms. The maximum absolute atomic E-state index is 12.7. The van der Waals surface area contributed by atoms with Crippen LogP contribution in [0.2, 0.25) is 10.0 Å². The highest BCUT2D eigenvalue weighted by Gasteiger charge is 2.13. The summed E-state index contributed by atoms with van der Waals surface area (Å²) in [4.78, 5) is 24.5. The molecule has 0 spiro atoms. The van der Waals surface area contributed by atoms with E-state index in [1.165, 1.54) is 18.2 Å². The van der Waals surface area contributed by atoms with E-state index in [9.17, 15) is 14.9 Å². The van der Waals surface area contributed by atoms with Crippen molar-refractivity contribution in [1.29, 1.82) is 5.26 Å². The number of nitrogens with zero attached hydrogens (tertiary/aromatic N) is 1. The van der Waals surface area contributed by atoms with Crippen LogP contribution in [0.4, 0.5) is 5.69 Å². The normalized spacial score (nSPS) is 10.8. The molecule has 0 radical (unpaired) electrons. The first-order chi connectivity index (χ1) is 17.8. The molecule has 1 N–H and O–H groups in total. The van der Waals surface area contributed by atoms with Crippen LogP contribution in [0.15, 0.2) is 66.2 Å². The van der Waals surface area contributed by atoms with Gasteiger partial charge >= 0.3 is 5.97 Å². The van der Waals surface area contributed by atoms with Crippen LogP contribution in [0.1, 0.15) is 35.3 Å². The van der Waals surface area contributed by atoms with E-state index < -0.39 is 11.9 Å². The number of hydrogen-bond donors (Lipinski definition) is 1. The highest BCUT2D eigenvalue weighted by atomic mass is 35.5. The maximum atomic E-state index is 12.7. The largest absolute Gasteiger partial charge is 0.490 e. The number of benzene rings is 3. The van der Waals surface area contributed by atoms with Crippen molar-refractivity contribution in [2.45, 2.75) is 20.5 Å². The van der Waals surface area contributed by atoms with Crippen molar-refractivity contribution in [2.75, 3.05) is 18.5 Å². The predicted octanol–water partition coefficient (Wildman–Crippen LogP) is 6.69. The minimum Gasteiger partial charge on any atom is -0.490 e. The molecule has 190 valence electrons. The van der Waals surface area contributed by atoms with E-state index in [0.717, 1.165) is 5.56 Å². The maximum Gasteiger partial charge on any atom is 0.338 e. The van der Waals surface area contributed by atoms with Gasteiger partial charge in [-0.25, -0.2) is 4.79 Å². The summed E-state index contributed by atoms with van der Waals surface area (Å²) in [6.45, 7) is 4.46. The number of hydrogen-bond acceptors (Lipinski definition) is 6. The van der Waals surface area contributed by atoms with Crippen molar-refractivity contribution < 1.29 is 23.8 Å². The molecule has 7 nitrogen and oxygen atoms in total. The van der Waals surface area contributed by atoms with Crippen LogP contribution in [0.5, 0.6) is 11.5 Å². The van der Waals surface area contributed by atoms with Gasteiger partial charge in [0, 0.05) is 5.69 Å². The Morgan fingerprint density at radius 1 is 0.919 bits per heavy atom. The van der Waals surface area contributed by atoms with E-state index in [2.05, 4.69) is 5.32 Å². The highest BCUT2D eigenvalue weighted by Crippen LogP contribution is 2.31. The second-order valence-corrected chi connectivity index (χ2v) is 8.41. The summed E-state index contributed by atoms with van der Waals surface area (Å²) >= 11 is 12.0. The monoisotopic (exact) mass is 538 g/mol. The van der Waals surface area contributed by atoms with Gasteiger partial charge in [0.05, 0.1) is 28.8 Å². The van der Waals surface area contributed by atoms with Crippen molar-refractivity contribution in [3.63, 3.8) is 0 Å². The van der Waals surface area contributed by atoms with Crippen LogP contribution in [0.25, 0.3) is 6.08 Å². The van der Waals surface area contributed by atoms with Crippen LogP contribution in [0.3, 0.4) is 0 Å². The van der Waals surface area contributed by atoms with Crippen LogP contribution >= 0.6 is 23.2 Å². The quantitative estimate of drug-likeness (QED) is 0.175. The molecule has 37 heavy (non-hydrogen) atoms. The Kier molecular flexibility index (Phi) is 9.96. The molecule has 0 unspecified atom stereocenters. The Labute approximate surface area is 225 Å². The van der Waals surface area contributed by atoms with Crippen molar-refractivity contribution in [2.24, 2.45) is 0 Å². The van der Waals surface area contributed by atoms with Gasteiger partial charge in [0.15, 0.2) is 11.5 Å². The third-order valence-corrected chi connectivity index (χ3v) is 5.71. The lowest BCUT2D eigenvalue weighted by Gasteiger charge is -2.13. The number of nitrogens with one attached hydrogen (secondary N) is 1. The van der Waals surface area contributed by atoms with Gasteiger partial charge < -0.3 is 19.5 Å². The Morgan fingerprint density at radius 3 is 2.32 bits per heavy atom. The van der Waals surface area contributed by atoms with Crippen LogP contribution < -0.4 is 14.8 Å². The predicted molar refractivity (Wildman–Crippen MR) is 143 cm³/mol. The lowest BCUT2D eigenvalue weighted by molar-refractivity contribution is -0.112. The highest BCUT2D eigenvalue weighted by molar-refractivity contribution is 6.42. The van der Waals surface area contributed by atoms with E-state index >= 15 is 0 Å². The fourth-order valence-corrected chi connectivity index (χ4v) is 3.53. The van der Waals surface area contributed by atoms with Crippen molar-refractivity contribution in [1.82, 2.24) is 0 Å². The summed E-state index contributed by atoms with van der Waals surface area (Å²) in [5, 5.41) is 13.1. The van der Waals surface area contributed by atoms with Crippen LogP contribution in [-0.2, 0) is 16.1 Å². The number of carbonyl (C=O) groups excluding carboxylic acids is 2. The van der Waals surface area contributed by atoms with E-state index in [1.54, 1.807) is 49.4 Å². The lowest BCUT2D eigenvalue weighted by atomic mass is 10.1. The fraction of sp³-hybridized carbons (Fsp3) is 0.179. The first kappa shape index (κ1) is 27.6. The van der Waals surface area contributed by atoms with Gasteiger partial charge in [-0.1, -0.05) is 35.3 Å². The number of halogens is 2. The number of anilines is 1. The summed E-state index contributed by atoms with van der Waals surface area (Å²) in [5.41, 5.74) is 2.09. The van der Waals surface area contributed by atoms with Gasteiger partial charge in [-0.3, -0.25) is 4.79 Å². The number of nitriles is 1. The van der Waals surface area contributed by atoms with E-state index in [0.29, 0.717) is 45.0 Å². The van der Waals surface area contributed by atoms with Crippen molar-refractivity contribution >= 4 is 46.8 Å². The van der Waals surface area contributed by atoms with Crippen LogP contribution in [-0.4, -0.2) is 25.1 Å². The molecule has 3 aromatic carbocycles. The molecular weight excluding hydrogens is 515 g/mol. The molecule has 0 fully saturated rings. The average Bonchev–Trinajstić information content (AvgIpc) is 2.89. The molecule has 1 amide bonds. The summed E-state index contributed by atoms with van der Waals surface area (Å²) in [7, 11) is 0. The third-order valence-electron chi connectivity index (χ3n) is 4.98. The zero-order valence-corrected chi connectivity index (χ0v) is 21.7. The summed E-state index contributed by atoms with van der Waals surface area (Å²) in [6, 6.07) is 18.5. The first-order valence-corrected chi connectivity index (χ1v) is 12.1. The first-order valence-electron chi connectivity index (χ1n) is 11.4. The minimum atomic E-state index is -0.593. The van der Waals surface area contributed by atoms with Gasteiger partial charge in [0.1, 0.15) is 18.2 Å². The fourth-order valence-electron chi connectivity index (χ4n) is 3.21. The number of rotatable bonds is 10. The van der Waals surface area contributed by atoms with E-state index in [4.69, 9.17) is 37.4 Å². The smallest absolute Gasteiger partial charge is 0.338 e. The van der Waals surface area contributed by atoms with Gasteiger partial charge in [-0.2, -0.15) is 5.26 Å². The Bertz CT molecular complexity index is 1350. The van der Waals surface area contributed by atoms with Crippen molar-refractivity contribution in [3.8, 4) is 17.6 Å². The molecule has 0 aliphatic carbocycles. The zero-order valence-electron chi connectivity index (χ0n) is 20.2. The molecule has 3 rings (SSSR count). The summed E-state index contributed by atoms with van der Waals surface area (Å²) in [6.07, 6.45) is 1.45. The molecule has 9 heteroatoms. The number of esters is 1. The molecule has 0 aliphatic rings. The van der Waals surface area contributed by atoms with Gasteiger partial charge in [-0.15, -0.1) is 0 Å². The number of ether oxygens (including phenoxy) is 3. The average molecular weight is 539 g/mol. The molecule has 0 atom stereocenters. The van der Waals surface area contributed by atoms with Gasteiger partial charge in [0.2, 0.25) is 0 Å². The SMILES string of the molecule is CCOC(=O)c1ccc(NC(=O)/C(C#N)=C/c2ccc(OCc3ccc(Cl)c(Cl)c3)c(OCC)c2)cc1. The lowest BCUT2D eigenvalue weighted by Crippen LogP contribution is -2.13. The standard InChI is InChI=1S/C28H24Cl2N2O5/c1-3-35-26-15-18(6-12-25(26)37-17-19-5-11-23(29)24(30)14-19)13-21(16-31)27(33)32-22-9-7-20(8-10-22)28(34)36-4-2/h5-15H,3-4,17H2,1-2H3,(H,32,33)/b21-13+. The van der Waals surface area contributed by atoms with Crippen molar-refractivity contribution in [3.05, 3.63) is 93.0 Å². The van der Waals surface area contributed by atoms with Gasteiger partial charge in [0.25, 0.3) is 5.91 Å². The topological polar surface area (TPSA) is 97.7 Å². The molecule has 0 saturated heterocycles. The third kappa shape index (κ3) is 7.74. The zero-order chi connectivity index (χ0) is 26.8. The molecule has 0 aliphatic heterocycles. The second-order valence-electron chi connectivity index (χ2n) is 7.60. The molecule has 0 saturated carbocycles. The molecule has 3 aromatic rings. The minimum absolute atomic E-state index is 0.110.